The Kier molecular flexibility index (Phi) is 5.64. The maximum absolute atomic E-state index is 12.7. The van der Waals surface area contributed by atoms with Gasteiger partial charge in [-0.3, -0.25) is 9.03 Å². The molecule has 1 aliphatic heterocycles. The molecule has 1 N–H and O–H groups in total. The van der Waals surface area contributed by atoms with E-state index in [4.69, 9.17) is 21.1 Å². The summed E-state index contributed by atoms with van der Waals surface area (Å²) in [4.78, 5) is -0.0261. The Morgan fingerprint density at radius 1 is 1.07 bits per heavy atom. The zero-order valence-corrected chi connectivity index (χ0v) is 17.6. The molecule has 28 heavy (non-hydrogen) atoms. The zero-order valence-electron chi connectivity index (χ0n) is 15.2. The number of rotatable bonds is 6. The van der Waals surface area contributed by atoms with Crippen molar-refractivity contribution in [1.29, 1.82) is 0 Å². The van der Waals surface area contributed by atoms with E-state index in [1.54, 1.807) is 0 Å². The number of benzene rings is 2. The lowest BCUT2D eigenvalue weighted by Crippen LogP contribution is -2.25. The maximum atomic E-state index is 12.7. The van der Waals surface area contributed by atoms with Crippen LogP contribution in [0, 0.1) is 0 Å². The van der Waals surface area contributed by atoms with Crippen molar-refractivity contribution in [2.24, 2.45) is 0 Å². The van der Waals surface area contributed by atoms with Gasteiger partial charge in [0, 0.05) is 12.6 Å². The highest BCUT2D eigenvalue weighted by Crippen LogP contribution is 2.37. The molecule has 1 fully saturated rings. The van der Waals surface area contributed by atoms with E-state index in [0.29, 0.717) is 24.4 Å². The number of sulfonamides is 2. The molecule has 2 aromatic carbocycles. The largest absolute Gasteiger partial charge is 0.495 e. The van der Waals surface area contributed by atoms with Crippen molar-refractivity contribution in [3.8, 4) is 11.5 Å². The second kappa shape index (κ2) is 7.69. The minimum Gasteiger partial charge on any atom is -0.495 e. The molecule has 0 bridgehead atoms. The van der Waals surface area contributed by atoms with Crippen LogP contribution in [0.5, 0.6) is 11.5 Å². The van der Waals surface area contributed by atoms with Gasteiger partial charge in [0.25, 0.3) is 10.0 Å². The average molecular weight is 447 g/mol. The van der Waals surface area contributed by atoms with Crippen LogP contribution >= 0.6 is 11.6 Å². The Balaban J connectivity index is 1.89. The van der Waals surface area contributed by atoms with Crippen molar-refractivity contribution in [1.82, 2.24) is 0 Å². The van der Waals surface area contributed by atoms with Gasteiger partial charge in [0.2, 0.25) is 10.0 Å². The third-order valence-electron chi connectivity index (χ3n) is 4.25. The summed E-state index contributed by atoms with van der Waals surface area (Å²) in [6.45, 7) is 0.383. The predicted molar refractivity (Wildman–Crippen MR) is 108 cm³/mol. The summed E-state index contributed by atoms with van der Waals surface area (Å²) < 4.78 is 63.4. The van der Waals surface area contributed by atoms with Crippen molar-refractivity contribution < 1.29 is 26.3 Å². The van der Waals surface area contributed by atoms with Crippen molar-refractivity contribution >= 4 is 43.0 Å². The second-order valence-electron chi connectivity index (χ2n) is 6.03. The molecule has 152 valence electrons. The molecule has 3 rings (SSSR count). The van der Waals surface area contributed by atoms with Gasteiger partial charge >= 0.3 is 0 Å². The highest BCUT2D eigenvalue weighted by Gasteiger charge is 2.28. The van der Waals surface area contributed by atoms with Gasteiger partial charge in [0.1, 0.15) is 11.5 Å². The van der Waals surface area contributed by atoms with Crippen molar-refractivity contribution in [2.75, 3.05) is 35.5 Å². The molecule has 0 spiro atoms. The van der Waals surface area contributed by atoms with Crippen LogP contribution in [0.2, 0.25) is 5.02 Å². The zero-order chi connectivity index (χ0) is 20.5. The number of halogens is 1. The van der Waals surface area contributed by atoms with Gasteiger partial charge in [-0.25, -0.2) is 16.8 Å². The molecule has 0 radical (unpaired) electrons. The van der Waals surface area contributed by atoms with Crippen LogP contribution in [-0.2, 0) is 20.0 Å². The maximum Gasteiger partial charge on any atom is 0.262 e. The molecule has 0 atom stereocenters. The molecule has 8 nitrogen and oxygen atoms in total. The van der Waals surface area contributed by atoms with E-state index >= 15 is 0 Å². The molecule has 0 aromatic heterocycles. The highest BCUT2D eigenvalue weighted by molar-refractivity contribution is 7.93. The number of nitrogens with one attached hydrogen (secondary N) is 1. The van der Waals surface area contributed by atoms with Crippen LogP contribution in [0.1, 0.15) is 6.42 Å². The van der Waals surface area contributed by atoms with Crippen LogP contribution in [0.4, 0.5) is 11.4 Å². The van der Waals surface area contributed by atoms with E-state index < -0.39 is 20.0 Å². The Bertz CT molecular complexity index is 1090. The first-order valence-corrected chi connectivity index (χ1v) is 11.7. The monoisotopic (exact) mass is 446 g/mol. The minimum atomic E-state index is -3.95. The Morgan fingerprint density at radius 2 is 1.71 bits per heavy atom. The van der Waals surface area contributed by atoms with Gasteiger partial charge in [-0.2, -0.15) is 0 Å². The minimum absolute atomic E-state index is 0.0261. The van der Waals surface area contributed by atoms with Crippen molar-refractivity contribution in [2.45, 2.75) is 11.3 Å². The number of hydrogen-bond acceptors (Lipinski definition) is 6. The summed E-state index contributed by atoms with van der Waals surface area (Å²) in [6, 6.07) is 8.50. The number of hydrogen-bond donors (Lipinski definition) is 1. The first-order chi connectivity index (χ1) is 13.2. The summed E-state index contributed by atoms with van der Waals surface area (Å²) in [7, 11) is -4.45. The summed E-state index contributed by atoms with van der Waals surface area (Å²) in [5.41, 5.74) is 0.584. The molecule has 1 heterocycles. The summed E-state index contributed by atoms with van der Waals surface area (Å²) >= 11 is 6.08. The Labute approximate surface area is 169 Å². The van der Waals surface area contributed by atoms with Crippen LogP contribution < -0.4 is 18.5 Å². The third-order valence-corrected chi connectivity index (χ3v) is 7.80. The normalized spacial score (nSPS) is 16.0. The number of methoxy groups -OCH3 is 2. The molecule has 1 saturated heterocycles. The van der Waals surface area contributed by atoms with Crippen LogP contribution in [0.15, 0.2) is 41.3 Å². The lowest BCUT2D eigenvalue weighted by atomic mass is 10.3. The van der Waals surface area contributed by atoms with E-state index in [9.17, 15) is 16.8 Å². The van der Waals surface area contributed by atoms with E-state index in [-0.39, 0.29) is 27.1 Å². The number of ether oxygens (including phenoxy) is 2. The quantitative estimate of drug-likeness (QED) is 0.731. The fraction of sp³-hybridized carbons (Fsp3) is 0.294. The predicted octanol–water partition coefficient (Wildman–Crippen LogP) is 2.70. The topological polar surface area (TPSA) is 102 Å². The van der Waals surface area contributed by atoms with Crippen molar-refractivity contribution in [3.05, 3.63) is 41.4 Å². The molecule has 0 unspecified atom stereocenters. The van der Waals surface area contributed by atoms with Crippen LogP contribution in [0.3, 0.4) is 0 Å². The molecule has 11 heteroatoms. The van der Waals surface area contributed by atoms with Gasteiger partial charge in [-0.1, -0.05) is 11.6 Å². The van der Waals surface area contributed by atoms with Crippen LogP contribution in [0.25, 0.3) is 0 Å². The molecular formula is C17H19ClN2O6S2. The molecule has 2 aromatic rings. The van der Waals surface area contributed by atoms with Gasteiger partial charge in [-0.15, -0.1) is 0 Å². The fourth-order valence-electron chi connectivity index (χ4n) is 2.86. The highest BCUT2D eigenvalue weighted by atomic mass is 35.5. The molecule has 0 aliphatic carbocycles. The lowest BCUT2D eigenvalue weighted by molar-refractivity contribution is 0.396. The third kappa shape index (κ3) is 3.98. The van der Waals surface area contributed by atoms with Crippen molar-refractivity contribution in [3.63, 3.8) is 0 Å². The molecule has 0 amide bonds. The fourth-order valence-corrected chi connectivity index (χ4v) is 5.73. The van der Waals surface area contributed by atoms with E-state index in [2.05, 4.69) is 4.72 Å². The van der Waals surface area contributed by atoms with Gasteiger partial charge in [0.15, 0.2) is 0 Å². The summed E-state index contributed by atoms with van der Waals surface area (Å²) in [5.74, 6) is 0.675. The second-order valence-corrected chi connectivity index (χ2v) is 10.1. The standard InChI is InChI=1S/C17H19ClN2O6S2/c1-25-16-11-17(26-2)15(10-14(16)18)19-28(23,24)13-6-4-12(5-7-13)20-8-3-9-27(20,21)22/h4-7,10-11,19H,3,8-9H2,1-2H3. The lowest BCUT2D eigenvalue weighted by Gasteiger charge is -2.17. The van der Waals surface area contributed by atoms with Crippen LogP contribution in [-0.4, -0.2) is 43.4 Å². The average Bonchev–Trinajstić information content (AvgIpc) is 3.01. The Morgan fingerprint density at radius 3 is 2.25 bits per heavy atom. The SMILES string of the molecule is COc1cc(OC)c(NS(=O)(=O)c2ccc(N3CCCS3(=O)=O)cc2)cc1Cl. The smallest absolute Gasteiger partial charge is 0.262 e. The first-order valence-electron chi connectivity index (χ1n) is 8.23. The van der Waals surface area contributed by atoms with E-state index in [1.807, 2.05) is 0 Å². The number of nitrogens with zero attached hydrogens (tertiary/aromatic N) is 1. The van der Waals surface area contributed by atoms with Gasteiger partial charge in [0.05, 0.1) is 41.3 Å². The first kappa shape index (κ1) is 20.6. The molecule has 0 saturated carbocycles. The number of anilines is 2. The van der Waals surface area contributed by atoms with Gasteiger partial charge < -0.3 is 9.47 Å². The van der Waals surface area contributed by atoms with E-state index in [1.165, 1.54) is 54.9 Å². The summed E-state index contributed by atoms with van der Waals surface area (Å²) in [5, 5.41) is 0.218. The molecular weight excluding hydrogens is 428 g/mol. The molecule has 1 aliphatic rings. The Hall–Kier alpha value is -2.17. The van der Waals surface area contributed by atoms with E-state index in [0.717, 1.165) is 0 Å². The van der Waals surface area contributed by atoms with Gasteiger partial charge in [-0.05, 0) is 36.8 Å². The summed E-state index contributed by atoms with van der Waals surface area (Å²) in [6.07, 6.45) is 0.544.